The fourth-order valence-electron chi connectivity index (χ4n) is 2.85. The Kier molecular flexibility index (Phi) is 7.73. The van der Waals surface area contributed by atoms with Crippen molar-refractivity contribution >= 4 is 46.5 Å². The molecule has 1 aliphatic rings. The number of methoxy groups -OCH3 is 1. The third-order valence-electron chi connectivity index (χ3n) is 4.46. The van der Waals surface area contributed by atoms with Gasteiger partial charge in [0.15, 0.2) is 23.3 Å². The lowest BCUT2D eigenvalue weighted by Gasteiger charge is -2.11. The lowest BCUT2D eigenvalue weighted by Crippen LogP contribution is -2.23. The quantitative estimate of drug-likeness (QED) is 0.460. The number of amidine groups is 1. The van der Waals surface area contributed by atoms with Gasteiger partial charge in [-0.1, -0.05) is 12.1 Å². The average Bonchev–Trinajstić information content (AvgIpc) is 3.06. The number of aromatic carboxylic acids is 1. The van der Waals surface area contributed by atoms with E-state index in [-0.39, 0.29) is 24.7 Å². The second-order valence-electron chi connectivity index (χ2n) is 6.73. The molecule has 9 nitrogen and oxygen atoms in total. The lowest BCUT2D eigenvalue weighted by atomic mass is 10.2. The van der Waals surface area contributed by atoms with E-state index in [0.29, 0.717) is 32.8 Å². The van der Waals surface area contributed by atoms with Crippen molar-refractivity contribution in [1.82, 2.24) is 4.90 Å². The summed E-state index contributed by atoms with van der Waals surface area (Å²) in [6, 6.07) is 11.2. The Bertz CT molecular complexity index is 1140. The molecule has 0 aliphatic carbocycles. The van der Waals surface area contributed by atoms with E-state index < -0.39 is 11.9 Å². The number of benzene rings is 2. The van der Waals surface area contributed by atoms with Gasteiger partial charge in [0.2, 0.25) is 0 Å². The van der Waals surface area contributed by atoms with Gasteiger partial charge in [-0.15, -0.1) is 0 Å². The maximum atomic E-state index is 12.7. The third-order valence-corrected chi connectivity index (χ3v) is 5.52. The van der Waals surface area contributed by atoms with Crippen LogP contribution in [0.15, 0.2) is 52.4 Å². The van der Waals surface area contributed by atoms with E-state index in [1.807, 2.05) is 0 Å². The first-order valence-electron chi connectivity index (χ1n) is 9.88. The van der Waals surface area contributed by atoms with E-state index in [9.17, 15) is 14.4 Å². The minimum Gasteiger partial charge on any atom is -0.493 e. The van der Waals surface area contributed by atoms with Crippen molar-refractivity contribution < 1.29 is 33.7 Å². The van der Waals surface area contributed by atoms with Gasteiger partial charge in [0.25, 0.3) is 5.91 Å². The number of hydrogen-bond acceptors (Lipinski definition) is 8. The Morgan fingerprint density at radius 3 is 2.67 bits per heavy atom. The van der Waals surface area contributed by atoms with Crippen molar-refractivity contribution in [1.29, 1.82) is 0 Å². The molecule has 0 spiro atoms. The highest BCUT2D eigenvalue weighted by Crippen LogP contribution is 2.35. The van der Waals surface area contributed by atoms with Crippen molar-refractivity contribution in [3.63, 3.8) is 0 Å². The maximum Gasteiger partial charge on any atom is 0.344 e. The highest BCUT2D eigenvalue weighted by Gasteiger charge is 2.30. The molecule has 0 aromatic heterocycles. The number of esters is 1. The number of aliphatic imine (C=N–C) groups is 1. The SMILES string of the molecule is CCOC(=O)COc1ccc(/C=C2/SC(=Nc3cccc(C(=O)O)c3)N(C)C2=O)cc1OC. The first-order valence-corrected chi connectivity index (χ1v) is 10.7. The van der Waals surface area contributed by atoms with E-state index in [1.165, 1.54) is 35.9 Å². The smallest absolute Gasteiger partial charge is 0.344 e. The number of carboxylic acids is 1. The Balaban J connectivity index is 1.80. The molecular formula is C23H22N2O7S. The monoisotopic (exact) mass is 470 g/mol. The van der Waals surface area contributed by atoms with Crippen molar-refractivity contribution in [3.05, 3.63) is 58.5 Å². The standard InChI is InChI=1S/C23H22N2O7S/c1-4-31-20(26)13-32-17-9-8-14(10-18(17)30-3)11-19-21(27)25(2)23(33-19)24-16-7-5-6-15(12-16)22(28)29/h5-12H,4,13H2,1-3H3,(H,28,29)/b19-11+,24-23?. The van der Waals surface area contributed by atoms with Crippen LogP contribution in [0, 0.1) is 0 Å². The van der Waals surface area contributed by atoms with E-state index in [0.717, 1.165) is 0 Å². The number of amides is 1. The zero-order chi connectivity index (χ0) is 24.0. The lowest BCUT2D eigenvalue weighted by molar-refractivity contribution is -0.145. The van der Waals surface area contributed by atoms with Gasteiger partial charge in [0.05, 0.1) is 29.9 Å². The largest absolute Gasteiger partial charge is 0.493 e. The highest BCUT2D eigenvalue weighted by molar-refractivity contribution is 8.18. The molecule has 1 amide bonds. The van der Waals surface area contributed by atoms with Crippen LogP contribution in [-0.2, 0) is 14.3 Å². The number of likely N-dealkylation sites (N-methyl/N-ethyl adjacent to an activating group) is 1. The van der Waals surface area contributed by atoms with Gasteiger partial charge in [-0.25, -0.2) is 14.6 Å². The summed E-state index contributed by atoms with van der Waals surface area (Å²) in [5.74, 6) is -1.01. The number of nitrogens with zero attached hydrogens (tertiary/aromatic N) is 2. The van der Waals surface area contributed by atoms with Crippen LogP contribution < -0.4 is 9.47 Å². The number of carbonyl (C=O) groups excluding carboxylic acids is 2. The van der Waals surface area contributed by atoms with Gasteiger partial charge >= 0.3 is 11.9 Å². The number of carboxylic acid groups (broad SMARTS) is 1. The van der Waals surface area contributed by atoms with Gasteiger partial charge in [-0.2, -0.15) is 0 Å². The summed E-state index contributed by atoms with van der Waals surface area (Å²) < 4.78 is 15.6. The molecule has 1 fully saturated rings. The summed E-state index contributed by atoms with van der Waals surface area (Å²) in [5, 5.41) is 9.57. The Labute approximate surface area is 194 Å². The molecule has 0 saturated carbocycles. The van der Waals surface area contributed by atoms with Crippen molar-refractivity contribution in [2.24, 2.45) is 4.99 Å². The molecule has 1 N–H and O–H groups in total. The fraction of sp³-hybridized carbons (Fsp3) is 0.217. The molecule has 1 aliphatic heterocycles. The summed E-state index contributed by atoms with van der Waals surface area (Å²) in [6.45, 7) is 1.73. The molecule has 10 heteroatoms. The topological polar surface area (TPSA) is 115 Å². The van der Waals surface area contributed by atoms with Crippen LogP contribution in [0.3, 0.4) is 0 Å². The minimum atomic E-state index is -1.05. The third kappa shape index (κ3) is 5.92. The summed E-state index contributed by atoms with van der Waals surface area (Å²) in [4.78, 5) is 41.6. The van der Waals surface area contributed by atoms with Crippen LogP contribution in [0.1, 0.15) is 22.8 Å². The molecule has 1 saturated heterocycles. The summed E-state index contributed by atoms with van der Waals surface area (Å²) >= 11 is 1.17. The van der Waals surface area contributed by atoms with Gasteiger partial charge in [-0.3, -0.25) is 9.69 Å². The zero-order valence-electron chi connectivity index (χ0n) is 18.2. The first kappa shape index (κ1) is 23.9. The number of thioether (sulfide) groups is 1. The van der Waals surface area contributed by atoms with E-state index in [1.54, 1.807) is 50.4 Å². The second-order valence-corrected chi connectivity index (χ2v) is 7.74. The molecule has 1 heterocycles. The number of ether oxygens (including phenoxy) is 3. The van der Waals surface area contributed by atoms with Crippen molar-refractivity contribution in [2.45, 2.75) is 6.92 Å². The summed E-state index contributed by atoms with van der Waals surface area (Å²) in [6.07, 6.45) is 1.69. The van der Waals surface area contributed by atoms with Crippen LogP contribution >= 0.6 is 11.8 Å². The van der Waals surface area contributed by atoms with Gasteiger partial charge in [0, 0.05) is 7.05 Å². The molecule has 0 atom stereocenters. The molecule has 172 valence electrons. The second kappa shape index (κ2) is 10.7. The average molecular weight is 471 g/mol. The van der Waals surface area contributed by atoms with Crippen LogP contribution in [0.2, 0.25) is 0 Å². The number of rotatable bonds is 8. The summed E-state index contributed by atoms with van der Waals surface area (Å²) in [7, 11) is 3.08. The molecule has 3 rings (SSSR count). The molecule has 2 aromatic rings. The predicted molar refractivity (Wildman–Crippen MR) is 124 cm³/mol. The normalized spacial score (nSPS) is 15.7. The van der Waals surface area contributed by atoms with Gasteiger partial charge in [-0.05, 0) is 60.7 Å². The molecule has 0 bridgehead atoms. The molecule has 2 aromatic carbocycles. The van der Waals surface area contributed by atoms with Crippen LogP contribution in [0.5, 0.6) is 11.5 Å². The number of hydrogen-bond donors (Lipinski definition) is 1. The maximum absolute atomic E-state index is 12.7. The van der Waals surface area contributed by atoms with Crippen molar-refractivity contribution in [3.8, 4) is 11.5 Å². The van der Waals surface area contributed by atoms with Gasteiger partial charge in [0.1, 0.15) is 0 Å². The van der Waals surface area contributed by atoms with Crippen LogP contribution in [0.4, 0.5) is 5.69 Å². The molecule has 0 radical (unpaired) electrons. The summed E-state index contributed by atoms with van der Waals surface area (Å²) in [5.41, 5.74) is 1.23. The van der Waals surface area contributed by atoms with E-state index >= 15 is 0 Å². The predicted octanol–water partition coefficient (Wildman–Crippen LogP) is 3.57. The molecular weight excluding hydrogens is 448 g/mol. The van der Waals surface area contributed by atoms with Crippen LogP contribution in [0.25, 0.3) is 6.08 Å². The van der Waals surface area contributed by atoms with E-state index in [2.05, 4.69) is 4.99 Å². The molecule has 33 heavy (non-hydrogen) atoms. The van der Waals surface area contributed by atoms with Gasteiger partial charge < -0.3 is 19.3 Å². The minimum absolute atomic E-state index is 0.113. The molecule has 0 unspecified atom stereocenters. The number of carbonyl (C=O) groups is 3. The Hall–Kier alpha value is -3.79. The highest BCUT2D eigenvalue weighted by atomic mass is 32.2. The Morgan fingerprint density at radius 1 is 1.18 bits per heavy atom. The fourth-order valence-corrected chi connectivity index (χ4v) is 3.84. The van der Waals surface area contributed by atoms with E-state index in [4.69, 9.17) is 19.3 Å². The Morgan fingerprint density at radius 2 is 1.97 bits per heavy atom. The first-order chi connectivity index (χ1) is 15.8. The zero-order valence-corrected chi connectivity index (χ0v) is 19.0. The van der Waals surface area contributed by atoms with Crippen LogP contribution in [-0.4, -0.2) is 60.4 Å². The van der Waals surface area contributed by atoms with Crippen molar-refractivity contribution in [2.75, 3.05) is 27.4 Å².